The van der Waals surface area contributed by atoms with Crippen molar-refractivity contribution in [1.82, 2.24) is 20.6 Å². The van der Waals surface area contributed by atoms with E-state index in [1.54, 1.807) is 22.9 Å². The van der Waals surface area contributed by atoms with Gasteiger partial charge in [-0.05, 0) is 50.5 Å². The minimum Gasteiger partial charge on any atom is -0.493 e. The van der Waals surface area contributed by atoms with Gasteiger partial charge in [-0.2, -0.15) is 5.10 Å². The molecule has 2 aromatic rings. The molecule has 0 aliphatic carbocycles. The largest absolute Gasteiger partial charge is 0.493 e. The number of nitrogens with zero attached hydrogens (tertiary/aromatic N) is 2. The number of benzene rings is 1. The third-order valence-corrected chi connectivity index (χ3v) is 4.09. The normalized spacial score (nSPS) is 10.6. The van der Waals surface area contributed by atoms with Crippen LogP contribution < -0.4 is 20.3 Å². The zero-order chi connectivity index (χ0) is 20.7. The first-order chi connectivity index (χ1) is 13.3. The van der Waals surface area contributed by atoms with Gasteiger partial charge in [-0.15, -0.1) is 0 Å². The summed E-state index contributed by atoms with van der Waals surface area (Å²) in [5.41, 5.74) is 6.84. The van der Waals surface area contributed by atoms with Crippen LogP contribution in [-0.2, 0) is 11.3 Å². The molecule has 0 saturated heterocycles. The van der Waals surface area contributed by atoms with E-state index in [0.29, 0.717) is 29.6 Å². The van der Waals surface area contributed by atoms with E-state index in [-0.39, 0.29) is 12.5 Å². The fourth-order valence-corrected chi connectivity index (χ4v) is 2.54. The van der Waals surface area contributed by atoms with Crippen molar-refractivity contribution in [3.63, 3.8) is 0 Å². The number of nitrogens with one attached hydrogen (secondary N) is 2. The van der Waals surface area contributed by atoms with E-state index in [9.17, 15) is 9.59 Å². The Kier molecular flexibility index (Phi) is 7.43. The number of rotatable bonds is 8. The number of aromatic nitrogens is 2. The van der Waals surface area contributed by atoms with Gasteiger partial charge in [0.05, 0.1) is 19.4 Å². The Balaban J connectivity index is 1.92. The molecule has 1 aromatic carbocycles. The molecule has 0 fully saturated rings. The molecule has 28 heavy (non-hydrogen) atoms. The predicted octanol–water partition coefficient (Wildman–Crippen LogP) is 2.39. The monoisotopic (exact) mass is 388 g/mol. The molecule has 8 nitrogen and oxygen atoms in total. The van der Waals surface area contributed by atoms with Crippen molar-refractivity contribution in [3.05, 3.63) is 41.2 Å². The van der Waals surface area contributed by atoms with E-state index >= 15 is 0 Å². The van der Waals surface area contributed by atoms with Gasteiger partial charge in [-0.3, -0.25) is 25.1 Å². The molecule has 0 spiro atoms. The van der Waals surface area contributed by atoms with Crippen LogP contribution in [0.3, 0.4) is 0 Å². The molecule has 0 aliphatic heterocycles. The Labute approximate surface area is 165 Å². The summed E-state index contributed by atoms with van der Waals surface area (Å²) in [6.45, 7) is 8.55. The fourth-order valence-electron chi connectivity index (χ4n) is 2.54. The Morgan fingerprint density at radius 2 is 1.89 bits per heavy atom. The van der Waals surface area contributed by atoms with Gasteiger partial charge in [0.2, 0.25) is 0 Å². The van der Waals surface area contributed by atoms with Crippen LogP contribution in [0, 0.1) is 19.8 Å². The molecule has 1 heterocycles. The van der Waals surface area contributed by atoms with Crippen LogP contribution in [0.1, 0.15) is 42.0 Å². The number of methoxy groups -OCH3 is 1. The quantitative estimate of drug-likeness (QED) is 0.677. The third-order valence-electron chi connectivity index (χ3n) is 4.09. The Morgan fingerprint density at radius 3 is 2.50 bits per heavy atom. The summed E-state index contributed by atoms with van der Waals surface area (Å²) in [5, 5.41) is 4.22. The van der Waals surface area contributed by atoms with Crippen LogP contribution in [0.2, 0.25) is 0 Å². The van der Waals surface area contributed by atoms with Crippen molar-refractivity contribution in [2.24, 2.45) is 5.92 Å². The summed E-state index contributed by atoms with van der Waals surface area (Å²) < 4.78 is 12.6. The highest BCUT2D eigenvalue weighted by atomic mass is 16.5. The van der Waals surface area contributed by atoms with Gasteiger partial charge in [0.1, 0.15) is 6.54 Å². The molecule has 1 aromatic heterocycles. The maximum Gasteiger partial charge on any atom is 0.269 e. The number of ether oxygens (including phenoxy) is 2. The van der Waals surface area contributed by atoms with Gasteiger partial charge in [0.15, 0.2) is 11.5 Å². The molecule has 0 radical (unpaired) electrons. The van der Waals surface area contributed by atoms with Crippen molar-refractivity contribution < 1.29 is 19.1 Å². The first kappa shape index (κ1) is 21.3. The summed E-state index contributed by atoms with van der Waals surface area (Å²) in [4.78, 5) is 24.3. The summed E-state index contributed by atoms with van der Waals surface area (Å²) in [6, 6.07) is 6.76. The van der Waals surface area contributed by atoms with Crippen LogP contribution in [0.25, 0.3) is 0 Å². The first-order valence-electron chi connectivity index (χ1n) is 9.21. The molecule has 2 rings (SSSR count). The lowest BCUT2D eigenvalue weighted by Crippen LogP contribution is -2.43. The van der Waals surface area contributed by atoms with Gasteiger partial charge in [0, 0.05) is 11.3 Å². The molecule has 152 valence electrons. The summed E-state index contributed by atoms with van der Waals surface area (Å²) in [5.74, 6) is 0.752. The minimum absolute atomic E-state index is 0.0197. The zero-order valence-corrected chi connectivity index (χ0v) is 17.0. The van der Waals surface area contributed by atoms with Gasteiger partial charge >= 0.3 is 0 Å². The minimum atomic E-state index is -0.450. The standard InChI is InChI=1S/C20H28N4O4/c1-13(2)8-9-28-17-7-6-16(11-18(17)27-5)20(26)22-21-19(25)12-24-15(4)10-14(3)23-24/h6-7,10-11,13H,8-9,12H2,1-5H3,(H,21,25)(H,22,26). The number of hydrogen-bond donors (Lipinski definition) is 2. The van der Waals surface area contributed by atoms with Crippen molar-refractivity contribution in [2.45, 2.75) is 40.7 Å². The second kappa shape index (κ2) is 9.77. The summed E-state index contributed by atoms with van der Waals surface area (Å²) in [7, 11) is 1.52. The number of hydrazine groups is 1. The average Bonchev–Trinajstić information content (AvgIpc) is 2.96. The number of hydrogen-bond acceptors (Lipinski definition) is 5. The fraction of sp³-hybridized carbons (Fsp3) is 0.450. The molecule has 2 N–H and O–H groups in total. The molecule has 0 atom stereocenters. The van der Waals surface area contributed by atoms with E-state index in [1.165, 1.54) is 7.11 Å². The van der Waals surface area contributed by atoms with E-state index < -0.39 is 5.91 Å². The molecule has 0 unspecified atom stereocenters. The molecule has 0 bridgehead atoms. The SMILES string of the molecule is COc1cc(C(=O)NNC(=O)Cn2nc(C)cc2C)ccc1OCCC(C)C. The highest BCUT2D eigenvalue weighted by Gasteiger charge is 2.13. The smallest absolute Gasteiger partial charge is 0.269 e. The van der Waals surface area contributed by atoms with E-state index in [0.717, 1.165) is 17.8 Å². The number of carbonyl (C=O) groups excluding carboxylic acids is 2. The van der Waals surface area contributed by atoms with Gasteiger partial charge in [-0.25, -0.2) is 0 Å². The topological polar surface area (TPSA) is 94.5 Å². The molecular formula is C20H28N4O4. The maximum absolute atomic E-state index is 12.3. The van der Waals surface area contributed by atoms with Crippen LogP contribution >= 0.6 is 0 Å². The van der Waals surface area contributed by atoms with Gasteiger partial charge < -0.3 is 9.47 Å². The maximum atomic E-state index is 12.3. The van der Waals surface area contributed by atoms with Gasteiger partial charge in [-0.1, -0.05) is 13.8 Å². The van der Waals surface area contributed by atoms with E-state index in [2.05, 4.69) is 29.8 Å². The molecular weight excluding hydrogens is 360 g/mol. The molecule has 0 aliphatic rings. The van der Waals surface area contributed by atoms with Crippen LogP contribution in [0.15, 0.2) is 24.3 Å². The average molecular weight is 388 g/mol. The van der Waals surface area contributed by atoms with E-state index in [4.69, 9.17) is 9.47 Å². The number of amides is 2. The highest BCUT2D eigenvalue weighted by Crippen LogP contribution is 2.28. The van der Waals surface area contributed by atoms with E-state index in [1.807, 2.05) is 19.9 Å². The zero-order valence-electron chi connectivity index (χ0n) is 17.0. The summed E-state index contributed by atoms with van der Waals surface area (Å²) in [6.07, 6.45) is 0.923. The lowest BCUT2D eigenvalue weighted by atomic mass is 10.1. The Bertz CT molecular complexity index is 830. The predicted molar refractivity (Wildman–Crippen MR) is 105 cm³/mol. The Hall–Kier alpha value is -3.03. The lowest BCUT2D eigenvalue weighted by Gasteiger charge is -2.13. The van der Waals surface area contributed by atoms with Crippen LogP contribution in [0.4, 0.5) is 0 Å². The molecule has 0 saturated carbocycles. The summed E-state index contributed by atoms with van der Waals surface area (Å²) >= 11 is 0. The van der Waals surface area contributed by atoms with Crippen molar-refractivity contribution in [1.29, 1.82) is 0 Å². The van der Waals surface area contributed by atoms with Crippen LogP contribution in [-0.4, -0.2) is 35.3 Å². The Morgan fingerprint density at radius 1 is 1.14 bits per heavy atom. The second-order valence-electron chi connectivity index (χ2n) is 6.98. The van der Waals surface area contributed by atoms with Crippen molar-refractivity contribution in [3.8, 4) is 11.5 Å². The molecule has 2 amide bonds. The van der Waals surface area contributed by atoms with Crippen molar-refractivity contribution in [2.75, 3.05) is 13.7 Å². The molecule has 8 heteroatoms. The highest BCUT2D eigenvalue weighted by molar-refractivity contribution is 5.96. The van der Waals surface area contributed by atoms with Crippen molar-refractivity contribution >= 4 is 11.8 Å². The number of carbonyl (C=O) groups is 2. The first-order valence-corrected chi connectivity index (χ1v) is 9.21. The number of aryl methyl sites for hydroxylation is 2. The second-order valence-corrected chi connectivity index (χ2v) is 6.98. The van der Waals surface area contributed by atoms with Crippen LogP contribution in [0.5, 0.6) is 11.5 Å². The lowest BCUT2D eigenvalue weighted by molar-refractivity contribution is -0.122. The van der Waals surface area contributed by atoms with Gasteiger partial charge in [0.25, 0.3) is 11.8 Å². The third kappa shape index (κ3) is 6.00.